The standard InChI is InChI=1S/C7H11FNS/c1-5(2)7-9(3)4-6(8)10-7/h4,7H,1-3H3. The first-order valence-electron chi connectivity index (χ1n) is 3.17. The lowest BCUT2D eigenvalue weighted by Gasteiger charge is -2.21. The maximum Gasteiger partial charge on any atom is 0.174 e. The summed E-state index contributed by atoms with van der Waals surface area (Å²) in [7, 11) is 1.89. The molecule has 1 aliphatic heterocycles. The highest BCUT2D eigenvalue weighted by Gasteiger charge is 2.25. The van der Waals surface area contributed by atoms with Crippen molar-refractivity contribution in [2.75, 3.05) is 7.05 Å². The monoisotopic (exact) mass is 160 g/mol. The minimum absolute atomic E-state index is 0.0892. The van der Waals surface area contributed by atoms with Crippen LogP contribution in [0.1, 0.15) is 13.8 Å². The highest BCUT2D eigenvalue weighted by Crippen LogP contribution is 2.36. The van der Waals surface area contributed by atoms with Gasteiger partial charge in [0.15, 0.2) is 5.16 Å². The van der Waals surface area contributed by atoms with Crippen LogP contribution >= 0.6 is 11.8 Å². The molecule has 1 aliphatic rings. The number of hydrogen-bond acceptors (Lipinski definition) is 2. The molecule has 0 amide bonds. The molecule has 1 rings (SSSR count). The first kappa shape index (κ1) is 7.92. The van der Waals surface area contributed by atoms with E-state index in [0.717, 1.165) is 0 Å². The van der Waals surface area contributed by atoms with Crippen molar-refractivity contribution in [1.82, 2.24) is 4.90 Å². The number of hydrogen-bond donors (Lipinski definition) is 0. The lowest BCUT2D eigenvalue weighted by Crippen LogP contribution is -2.23. The summed E-state index contributed by atoms with van der Waals surface area (Å²) in [5.74, 6) is 1.23. The molecule has 3 heteroatoms. The molecule has 0 N–H and O–H groups in total. The summed E-state index contributed by atoms with van der Waals surface area (Å²) < 4.78 is 12.6. The van der Waals surface area contributed by atoms with Gasteiger partial charge in [0, 0.05) is 19.2 Å². The fourth-order valence-corrected chi connectivity index (χ4v) is 1.88. The van der Waals surface area contributed by atoms with Crippen molar-refractivity contribution in [3.8, 4) is 0 Å². The maximum atomic E-state index is 12.6. The fraction of sp³-hybridized carbons (Fsp3) is 0.571. The van der Waals surface area contributed by atoms with E-state index in [4.69, 9.17) is 0 Å². The van der Waals surface area contributed by atoms with Gasteiger partial charge in [-0.2, -0.15) is 4.39 Å². The minimum atomic E-state index is -0.0892. The van der Waals surface area contributed by atoms with E-state index in [9.17, 15) is 4.39 Å². The first-order valence-corrected chi connectivity index (χ1v) is 4.05. The van der Waals surface area contributed by atoms with Crippen molar-refractivity contribution in [3.63, 3.8) is 0 Å². The Kier molecular flexibility index (Phi) is 2.24. The SMILES string of the molecule is C[C](C)C1SC(F)=CN1C. The average molecular weight is 160 g/mol. The van der Waals surface area contributed by atoms with Gasteiger partial charge in [-0.3, -0.25) is 0 Å². The molecule has 0 aromatic heterocycles. The molecule has 1 nitrogen and oxygen atoms in total. The van der Waals surface area contributed by atoms with Crippen molar-refractivity contribution in [3.05, 3.63) is 17.3 Å². The maximum absolute atomic E-state index is 12.6. The van der Waals surface area contributed by atoms with Gasteiger partial charge in [0.05, 0.1) is 5.37 Å². The lowest BCUT2D eigenvalue weighted by atomic mass is 10.2. The second-order valence-electron chi connectivity index (χ2n) is 2.65. The minimum Gasteiger partial charge on any atom is -0.365 e. The molecule has 1 radical (unpaired) electrons. The highest BCUT2D eigenvalue weighted by molar-refractivity contribution is 8.03. The van der Waals surface area contributed by atoms with Crippen LogP contribution in [0.25, 0.3) is 0 Å². The smallest absolute Gasteiger partial charge is 0.174 e. The van der Waals surface area contributed by atoms with Gasteiger partial charge in [-0.05, 0) is 0 Å². The van der Waals surface area contributed by atoms with Gasteiger partial charge in [-0.15, -0.1) is 0 Å². The number of rotatable bonds is 1. The van der Waals surface area contributed by atoms with Gasteiger partial charge in [-0.1, -0.05) is 25.6 Å². The van der Waals surface area contributed by atoms with Crippen molar-refractivity contribution < 1.29 is 4.39 Å². The molecule has 57 valence electrons. The third kappa shape index (κ3) is 1.45. The summed E-state index contributed by atoms with van der Waals surface area (Å²) in [6, 6.07) is 0. The fourth-order valence-electron chi connectivity index (χ4n) is 0.973. The van der Waals surface area contributed by atoms with E-state index < -0.39 is 0 Å². The molecular formula is C7H11FNS. The van der Waals surface area contributed by atoms with Crippen molar-refractivity contribution in [2.24, 2.45) is 0 Å². The summed E-state index contributed by atoms with van der Waals surface area (Å²) in [6.45, 7) is 4.03. The summed E-state index contributed by atoms with van der Waals surface area (Å²) in [4.78, 5) is 1.88. The quantitative estimate of drug-likeness (QED) is 0.579. The number of halogens is 1. The Morgan fingerprint density at radius 3 is 2.50 bits per heavy atom. The molecule has 0 fully saturated rings. The molecule has 0 aromatic rings. The second kappa shape index (κ2) is 2.82. The first-order chi connectivity index (χ1) is 4.61. The Morgan fingerprint density at radius 1 is 1.70 bits per heavy atom. The molecular weight excluding hydrogens is 149 g/mol. The predicted molar refractivity (Wildman–Crippen MR) is 42.9 cm³/mol. The topological polar surface area (TPSA) is 3.24 Å². The molecule has 0 saturated heterocycles. The van der Waals surface area contributed by atoms with Crippen LogP contribution in [-0.2, 0) is 0 Å². The molecule has 1 heterocycles. The van der Waals surface area contributed by atoms with Crippen LogP contribution in [0.15, 0.2) is 11.4 Å². The molecule has 10 heavy (non-hydrogen) atoms. The van der Waals surface area contributed by atoms with E-state index in [1.165, 1.54) is 23.9 Å². The molecule has 0 saturated carbocycles. The molecule has 0 bridgehead atoms. The zero-order chi connectivity index (χ0) is 7.72. The summed E-state index contributed by atoms with van der Waals surface area (Å²) in [5.41, 5.74) is 0. The molecule has 0 spiro atoms. The van der Waals surface area contributed by atoms with Crippen molar-refractivity contribution in [1.29, 1.82) is 0 Å². The molecule has 1 unspecified atom stereocenters. The third-order valence-electron chi connectivity index (χ3n) is 1.39. The normalized spacial score (nSPS) is 25.9. The number of nitrogens with zero attached hydrogens (tertiary/aromatic N) is 1. The van der Waals surface area contributed by atoms with Gasteiger partial charge >= 0.3 is 0 Å². The van der Waals surface area contributed by atoms with Crippen LogP contribution < -0.4 is 0 Å². The Morgan fingerprint density at radius 2 is 2.30 bits per heavy atom. The van der Waals surface area contributed by atoms with Crippen LogP contribution in [0, 0.1) is 5.92 Å². The largest absolute Gasteiger partial charge is 0.365 e. The van der Waals surface area contributed by atoms with Crippen LogP contribution in [0.2, 0.25) is 0 Å². The Hall–Kier alpha value is -0.180. The summed E-state index contributed by atoms with van der Waals surface area (Å²) >= 11 is 1.27. The van der Waals surface area contributed by atoms with E-state index in [0.29, 0.717) is 0 Å². The van der Waals surface area contributed by atoms with Gasteiger partial charge in [0.25, 0.3) is 0 Å². The zero-order valence-corrected chi connectivity index (χ0v) is 7.20. The van der Waals surface area contributed by atoms with E-state index in [-0.39, 0.29) is 10.5 Å². The number of thioether (sulfide) groups is 1. The summed E-state index contributed by atoms with van der Waals surface area (Å²) in [6.07, 6.45) is 1.53. The summed E-state index contributed by atoms with van der Waals surface area (Å²) in [5, 5.41) is 0.119. The van der Waals surface area contributed by atoms with Gasteiger partial charge in [0.1, 0.15) is 0 Å². The van der Waals surface area contributed by atoms with Crippen molar-refractivity contribution >= 4 is 11.8 Å². The van der Waals surface area contributed by atoms with Gasteiger partial charge in [-0.25, -0.2) is 0 Å². The lowest BCUT2D eigenvalue weighted by molar-refractivity contribution is 0.442. The molecule has 0 aliphatic carbocycles. The Balaban J connectivity index is 2.55. The highest BCUT2D eigenvalue weighted by atomic mass is 32.2. The van der Waals surface area contributed by atoms with Crippen LogP contribution in [0.5, 0.6) is 0 Å². The molecule has 0 aromatic carbocycles. The molecule has 1 atom stereocenters. The van der Waals surface area contributed by atoms with E-state index in [1.54, 1.807) is 0 Å². The van der Waals surface area contributed by atoms with E-state index in [2.05, 4.69) is 0 Å². The van der Waals surface area contributed by atoms with Gasteiger partial charge in [0.2, 0.25) is 0 Å². The average Bonchev–Trinajstić information content (AvgIpc) is 2.10. The van der Waals surface area contributed by atoms with Crippen LogP contribution in [0.4, 0.5) is 4.39 Å². The van der Waals surface area contributed by atoms with Gasteiger partial charge < -0.3 is 4.90 Å². The second-order valence-corrected chi connectivity index (χ2v) is 3.72. The van der Waals surface area contributed by atoms with Crippen molar-refractivity contribution in [2.45, 2.75) is 19.2 Å². The zero-order valence-electron chi connectivity index (χ0n) is 6.39. The van der Waals surface area contributed by atoms with Crippen LogP contribution in [-0.4, -0.2) is 17.3 Å². The van der Waals surface area contributed by atoms with E-state index >= 15 is 0 Å². The van der Waals surface area contributed by atoms with Crippen LogP contribution in [0.3, 0.4) is 0 Å². The third-order valence-corrected chi connectivity index (χ3v) is 2.75. The Bertz CT molecular complexity index is 156. The van der Waals surface area contributed by atoms with E-state index in [1.807, 2.05) is 25.8 Å². The predicted octanol–water partition coefficient (Wildman–Crippen LogP) is 2.37. The Labute approximate surface area is 65.3 Å².